The molecule has 214 valence electrons. The molecule has 4 nitrogen and oxygen atoms in total. The molecule has 7 aromatic rings. The molecule has 2 unspecified atom stereocenters. The molecule has 0 N–H and O–H groups in total. The van der Waals surface area contributed by atoms with Crippen LogP contribution in [0.4, 0.5) is 0 Å². The molecule has 0 aliphatic heterocycles. The van der Waals surface area contributed by atoms with Gasteiger partial charge in [-0.25, -0.2) is 0 Å². The summed E-state index contributed by atoms with van der Waals surface area (Å²) in [4.78, 5) is 0. The molecule has 3 aliphatic rings. The van der Waals surface area contributed by atoms with Crippen LogP contribution in [0.3, 0.4) is 0 Å². The van der Waals surface area contributed by atoms with E-state index in [1.54, 1.807) is 0 Å². The zero-order valence-corrected chi connectivity index (χ0v) is 25.3. The Kier molecular flexibility index (Phi) is 5.16. The van der Waals surface area contributed by atoms with Gasteiger partial charge in [0.25, 0.3) is 0 Å². The first-order valence-electron chi connectivity index (χ1n) is 15.5. The Morgan fingerprint density at radius 1 is 0.689 bits per heavy atom. The van der Waals surface area contributed by atoms with Crippen molar-refractivity contribution in [1.82, 2.24) is 4.57 Å². The van der Waals surface area contributed by atoms with Gasteiger partial charge in [0.05, 0.1) is 39.9 Å². The minimum absolute atomic E-state index is 0.0415. The van der Waals surface area contributed by atoms with E-state index in [2.05, 4.69) is 110 Å². The van der Waals surface area contributed by atoms with E-state index in [0.717, 1.165) is 56.2 Å². The number of benzene rings is 5. The van der Waals surface area contributed by atoms with Gasteiger partial charge >= 0.3 is 0 Å². The second kappa shape index (κ2) is 8.98. The summed E-state index contributed by atoms with van der Waals surface area (Å²) in [6, 6.07) is 38.6. The minimum atomic E-state index is -0.179. The van der Waals surface area contributed by atoms with Crippen molar-refractivity contribution in [3.63, 3.8) is 0 Å². The highest BCUT2D eigenvalue weighted by molar-refractivity contribution is 6.20. The second-order valence-electron chi connectivity index (χ2n) is 13.6. The maximum absolute atomic E-state index is 10.9. The predicted molar refractivity (Wildman–Crippen MR) is 178 cm³/mol. The predicted octanol–water partition coefficient (Wildman–Crippen LogP) is 9.85. The van der Waals surface area contributed by atoms with E-state index < -0.39 is 0 Å². The molecule has 0 fully saturated rings. The maximum Gasteiger partial charge on any atom is 0.213 e. The number of nitrogens with zero attached hydrogens (tertiary/aromatic N) is 3. The number of hydrogen-bond acceptors (Lipinski definition) is 3. The lowest BCUT2D eigenvalue weighted by Crippen LogP contribution is -2.31. The molecule has 2 heterocycles. The summed E-state index contributed by atoms with van der Waals surface area (Å²) in [5.74, 6) is -0.260. The lowest BCUT2D eigenvalue weighted by Gasteiger charge is -2.45. The van der Waals surface area contributed by atoms with Gasteiger partial charge < -0.3 is 4.42 Å². The maximum atomic E-state index is 10.9. The fourth-order valence-corrected chi connectivity index (χ4v) is 8.30. The third-order valence-corrected chi connectivity index (χ3v) is 9.81. The summed E-state index contributed by atoms with van der Waals surface area (Å²) >= 11 is 0. The standard InChI is InChI=1S/C41H29N3O/c1-41(2,3)20-30-32(44-31-17-8-6-14-27(31)37-28-15-7-9-18-33(28)45-40(37)44)19-24(22-43)35-38-26-13-5-4-12-25(26)36(39(30)35)29-16-10-11-23(21-42)34(29)38/h4-19,36,38H,20H2,1-3H3. The molecule has 0 saturated carbocycles. The van der Waals surface area contributed by atoms with Gasteiger partial charge in [0.2, 0.25) is 5.71 Å². The number of para-hydroxylation sites is 2. The first-order chi connectivity index (χ1) is 21.9. The Balaban J connectivity index is 1.47. The molecule has 3 aliphatic carbocycles. The van der Waals surface area contributed by atoms with Gasteiger partial charge in [-0.1, -0.05) is 93.6 Å². The highest BCUT2D eigenvalue weighted by atomic mass is 16.3. The van der Waals surface area contributed by atoms with Crippen LogP contribution in [0.1, 0.15) is 82.7 Å². The molecule has 2 aromatic heterocycles. The van der Waals surface area contributed by atoms with Gasteiger partial charge in [0.1, 0.15) is 5.58 Å². The average molecular weight is 580 g/mol. The molecule has 0 radical (unpaired) electrons. The molecular formula is C41H29N3O. The Morgan fingerprint density at radius 2 is 1.36 bits per heavy atom. The van der Waals surface area contributed by atoms with Crippen molar-refractivity contribution >= 4 is 33.0 Å². The normalized spacial score (nSPS) is 16.4. The molecule has 0 spiro atoms. The van der Waals surface area contributed by atoms with Crippen LogP contribution >= 0.6 is 0 Å². The highest BCUT2D eigenvalue weighted by Gasteiger charge is 2.46. The molecule has 2 bridgehead atoms. The van der Waals surface area contributed by atoms with Crippen LogP contribution in [-0.2, 0) is 6.42 Å². The quantitative estimate of drug-likeness (QED) is 0.205. The van der Waals surface area contributed by atoms with E-state index in [4.69, 9.17) is 4.42 Å². The highest BCUT2D eigenvalue weighted by Crippen LogP contribution is 2.59. The topological polar surface area (TPSA) is 65.7 Å². The number of furan rings is 1. The zero-order chi connectivity index (χ0) is 30.6. The molecule has 4 heteroatoms. The zero-order valence-electron chi connectivity index (χ0n) is 25.3. The van der Waals surface area contributed by atoms with Crippen LogP contribution in [0.25, 0.3) is 38.7 Å². The number of nitriles is 2. The van der Waals surface area contributed by atoms with Gasteiger partial charge in [0, 0.05) is 22.6 Å². The number of fused-ring (bicyclic) bond motifs is 5. The average Bonchev–Trinajstić information content (AvgIpc) is 3.58. The molecular weight excluding hydrogens is 550 g/mol. The van der Waals surface area contributed by atoms with Crippen LogP contribution in [0, 0.1) is 28.1 Å². The third-order valence-electron chi connectivity index (χ3n) is 9.81. The first-order valence-corrected chi connectivity index (χ1v) is 15.5. The molecule has 5 aromatic carbocycles. The SMILES string of the molecule is CC(C)(C)Cc1c(-n2c3ccccc3c3c4ccccc4oc32)cc(C#N)c2c1C1c3ccccc3C2c2c(C#N)cccc21. The summed E-state index contributed by atoms with van der Waals surface area (Å²) in [7, 11) is 0. The smallest absolute Gasteiger partial charge is 0.213 e. The molecule has 10 rings (SSSR count). The van der Waals surface area contributed by atoms with Crippen LogP contribution in [-0.4, -0.2) is 4.57 Å². The van der Waals surface area contributed by atoms with Crippen LogP contribution in [0.2, 0.25) is 0 Å². The van der Waals surface area contributed by atoms with Crippen molar-refractivity contribution in [3.05, 3.63) is 147 Å². The van der Waals surface area contributed by atoms with Crippen molar-refractivity contribution < 1.29 is 4.42 Å². The van der Waals surface area contributed by atoms with Gasteiger partial charge in [0.15, 0.2) is 0 Å². The molecule has 0 amide bonds. The fourth-order valence-electron chi connectivity index (χ4n) is 8.30. The van der Waals surface area contributed by atoms with Gasteiger partial charge in [-0.15, -0.1) is 0 Å². The Hall–Kier alpha value is -5.58. The van der Waals surface area contributed by atoms with Crippen molar-refractivity contribution in [2.45, 2.75) is 39.0 Å². The molecule has 2 atom stereocenters. The van der Waals surface area contributed by atoms with E-state index in [0.29, 0.717) is 11.1 Å². The van der Waals surface area contributed by atoms with E-state index in [1.807, 2.05) is 24.3 Å². The van der Waals surface area contributed by atoms with E-state index >= 15 is 0 Å². The number of hydrogen-bond donors (Lipinski definition) is 0. The summed E-state index contributed by atoms with van der Waals surface area (Å²) < 4.78 is 8.93. The van der Waals surface area contributed by atoms with Crippen LogP contribution in [0.5, 0.6) is 0 Å². The Labute approximate surface area is 261 Å². The number of aromatic nitrogens is 1. The van der Waals surface area contributed by atoms with Gasteiger partial charge in [-0.3, -0.25) is 4.57 Å². The van der Waals surface area contributed by atoms with Gasteiger partial charge in [-0.2, -0.15) is 10.5 Å². The van der Waals surface area contributed by atoms with Crippen molar-refractivity contribution in [2.75, 3.05) is 0 Å². The molecule has 0 saturated heterocycles. The summed E-state index contributed by atoms with van der Waals surface area (Å²) in [5.41, 5.74) is 13.2. The Morgan fingerprint density at radius 3 is 2.11 bits per heavy atom. The first kappa shape index (κ1) is 25.9. The van der Waals surface area contributed by atoms with Crippen molar-refractivity contribution in [2.24, 2.45) is 5.41 Å². The lowest BCUT2D eigenvalue weighted by atomic mass is 9.58. The van der Waals surface area contributed by atoms with E-state index in [1.165, 1.54) is 27.8 Å². The third kappa shape index (κ3) is 3.40. The largest absolute Gasteiger partial charge is 0.439 e. The monoisotopic (exact) mass is 579 g/mol. The molecule has 45 heavy (non-hydrogen) atoms. The van der Waals surface area contributed by atoms with Crippen molar-refractivity contribution in [3.8, 4) is 17.8 Å². The fraction of sp³-hybridized carbons (Fsp3) is 0.171. The second-order valence-corrected chi connectivity index (χ2v) is 13.6. The van der Waals surface area contributed by atoms with Crippen LogP contribution in [0.15, 0.2) is 101 Å². The van der Waals surface area contributed by atoms with E-state index in [-0.39, 0.29) is 17.3 Å². The summed E-state index contributed by atoms with van der Waals surface area (Å²) in [5, 5.41) is 24.4. The summed E-state index contributed by atoms with van der Waals surface area (Å²) in [6.07, 6.45) is 0.809. The minimum Gasteiger partial charge on any atom is -0.439 e. The van der Waals surface area contributed by atoms with Crippen LogP contribution < -0.4 is 0 Å². The Bertz CT molecular complexity index is 2490. The summed E-state index contributed by atoms with van der Waals surface area (Å²) in [6.45, 7) is 6.84. The van der Waals surface area contributed by atoms with Crippen molar-refractivity contribution in [1.29, 1.82) is 10.5 Å². The lowest BCUT2D eigenvalue weighted by molar-refractivity contribution is 0.408. The van der Waals surface area contributed by atoms with E-state index in [9.17, 15) is 10.5 Å². The van der Waals surface area contributed by atoms with Gasteiger partial charge in [-0.05, 0) is 75.0 Å². The number of rotatable bonds is 2.